The highest BCUT2D eigenvalue weighted by Gasteiger charge is 2.13. The van der Waals surface area contributed by atoms with E-state index in [1.54, 1.807) is 24.5 Å². The van der Waals surface area contributed by atoms with Crippen molar-refractivity contribution in [2.45, 2.75) is 6.42 Å². The molecule has 7 nitrogen and oxygen atoms in total. The summed E-state index contributed by atoms with van der Waals surface area (Å²) >= 11 is 0. The van der Waals surface area contributed by atoms with Crippen LogP contribution in [0, 0.1) is 0 Å². The van der Waals surface area contributed by atoms with Crippen LogP contribution in [-0.4, -0.2) is 34.4 Å². The monoisotopic (exact) mass is 275 g/mol. The van der Waals surface area contributed by atoms with Gasteiger partial charge >= 0.3 is 5.97 Å². The van der Waals surface area contributed by atoms with Crippen molar-refractivity contribution >= 4 is 17.3 Å². The summed E-state index contributed by atoms with van der Waals surface area (Å²) in [5.41, 5.74) is 7.41. The van der Waals surface area contributed by atoms with Crippen molar-refractivity contribution in [2.24, 2.45) is 7.05 Å². The van der Waals surface area contributed by atoms with Crippen LogP contribution in [0.1, 0.15) is 16.2 Å². The second kappa shape index (κ2) is 6.05. The number of para-hydroxylation sites is 1. The fourth-order valence-corrected chi connectivity index (χ4v) is 1.88. The third-order valence-electron chi connectivity index (χ3n) is 2.96. The van der Waals surface area contributed by atoms with Crippen LogP contribution in [0.3, 0.4) is 0 Å². The molecule has 0 saturated heterocycles. The third kappa shape index (κ3) is 2.87. The molecule has 0 bridgehead atoms. The zero-order valence-corrected chi connectivity index (χ0v) is 11.5. The maximum Gasteiger partial charge on any atom is 0.340 e. The van der Waals surface area contributed by atoms with E-state index >= 15 is 0 Å². The lowest BCUT2D eigenvalue weighted by atomic mass is 10.1. The lowest BCUT2D eigenvalue weighted by Gasteiger charge is -2.13. The van der Waals surface area contributed by atoms with Crippen molar-refractivity contribution in [3.8, 4) is 0 Å². The summed E-state index contributed by atoms with van der Waals surface area (Å²) in [6.07, 6.45) is 2.32. The van der Waals surface area contributed by atoms with Crippen LogP contribution >= 0.6 is 0 Å². The number of anilines is 2. The maximum atomic E-state index is 11.7. The van der Waals surface area contributed by atoms with Crippen molar-refractivity contribution < 1.29 is 9.53 Å². The smallest absolute Gasteiger partial charge is 0.340 e. The van der Waals surface area contributed by atoms with Gasteiger partial charge in [0.05, 0.1) is 24.0 Å². The van der Waals surface area contributed by atoms with Crippen molar-refractivity contribution in [1.82, 2.24) is 14.8 Å². The van der Waals surface area contributed by atoms with Crippen molar-refractivity contribution in [3.63, 3.8) is 0 Å². The van der Waals surface area contributed by atoms with Crippen LogP contribution in [-0.2, 0) is 18.2 Å². The minimum atomic E-state index is -0.418. The van der Waals surface area contributed by atoms with Gasteiger partial charge in [0, 0.05) is 20.0 Å². The van der Waals surface area contributed by atoms with E-state index in [2.05, 4.69) is 15.5 Å². The van der Waals surface area contributed by atoms with Gasteiger partial charge < -0.3 is 20.4 Å². The summed E-state index contributed by atoms with van der Waals surface area (Å²) in [6.45, 7) is 0.588. The fourth-order valence-electron chi connectivity index (χ4n) is 1.88. The highest BCUT2D eigenvalue weighted by Crippen LogP contribution is 2.24. The second-order valence-corrected chi connectivity index (χ2v) is 4.30. The number of ether oxygens (including phenoxy) is 1. The number of rotatable bonds is 5. The predicted molar refractivity (Wildman–Crippen MR) is 75.4 cm³/mol. The lowest BCUT2D eigenvalue weighted by molar-refractivity contribution is 0.0602. The van der Waals surface area contributed by atoms with Gasteiger partial charge in [0.1, 0.15) is 12.2 Å². The molecule has 0 spiro atoms. The molecular formula is C13H17N5O2. The average molecular weight is 275 g/mol. The van der Waals surface area contributed by atoms with E-state index in [-0.39, 0.29) is 0 Å². The number of hydrogen-bond acceptors (Lipinski definition) is 6. The highest BCUT2D eigenvalue weighted by molar-refractivity contribution is 5.98. The molecule has 1 aromatic heterocycles. The van der Waals surface area contributed by atoms with E-state index in [1.165, 1.54) is 7.11 Å². The van der Waals surface area contributed by atoms with Gasteiger partial charge in [0.15, 0.2) is 0 Å². The van der Waals surface area contributed by atoms with Crippen molar-refractivity contribution in [2.75, 3.05) is 24.7 Å². The number of esters is 1. The van der Waals surface area contributed by atoms with Crippen LogP contribution in [0.15, 0.2) is 24.5 Å². The Kier molecular flexibility index (Phi) is 4.19. The van der Waals surface area contributed by atoms with Gasteiger partial charge in [-0.15, -0.1) is 10.2 Å². The fraction of sp³-hybridized carbons (Fsp3) is 0.308. The number of aromatic nitrogens is 3. The first-order chi connectivity index (χ1) is 9.63. The second-order valence-electron chi connectivity index (χ2n) is 4.30. The molecule has 0 amide bonds. The van der Waals surface area contributed by atoms with Gasteiger partial charge in [0.2, 0.25) is 0 Å². The summed E-state index contributed by atoms with van der Waals surface area (Å²) in [4.78, 5) is 11.7. The van der Waals surface area contributed by atoms with E-state index in [1.807, 2.05) is 11.6 Å². The number of benzene rings is 1. The molecule has 0 fully saturated rings. The summed E-state index contributed by atoms with van der Waals surface area (Å²) < 4.78 is 6.59. The minimum Gasteiger partial charge on any atom is -0.465 e. The molecule has 0 unspecified atom stereocenters. The van der Waals surface area contributed by atoms with Crippen LogP contribution in [0.25, 0.3) is 0 Å². The first-order valence-corrected chi connectivity index (χ1v) is 6.17. The lowest BCUT2D eigenvalue weighted by Crippen LogP contribution is -2.14. The first-order valence-electron chi connectivity index (χ1n) is 6.17. The van der Waals surface area contributed by atoms with E-state index in [4.69, 9.17) is 10.5 Å². The minimum absolute atomic E-state index is 0.418. The van der Waals surface area contributed by atoms with E-state index in [0.717, 1.165) is 5.82 Å². The largest absolute Gasteiger partial charge is 0.465 e. The number of methoxy groups -OCH3 is 1. The summed E-state index contributed by atoms with van der Waals surface area (Å²) in [6, 6.07) is 5.12. The Morgan fingerprint density at radius 3 is 2.95 bits per heavy atom. The SMILES string of the molecule is COC(=O)c1cccc(N)c1NCCc1nncn1C. The Balaban J connectivity index is 2.09. The number of nitrogens with two attached hydrogens (primary N) is 1. The van der Waals surface area contributed by atoms with E-state index in [0.29, 0.717) is 29.9 Å². The molecule has 1 aromatic carbocycles. The van der Waals surface area contributed by atoms with Crippen LogP contribution in [0.4, 0.5) is 11.4 Å². The highest BCUT2D eigenvalue weighted by atomic mass is 16.5. The zero-order chi connectivity index (χ0) is 14.5. The maximum absolute atomic E-state index is 11.7. The Morgan fingerprint density at radius 2 is 2.30 bits per heavy atom. The van der Waals surface area contributed by atoms with Crippen molar-refractivity contribution in [1.29, 1.82) is 0 Å². The Bertz CT molecular complexity index is 609. The van der Waals surface area contributed by atoms with Gasteiger partial charge in [-0.3, -0.25) is 0 Å². The summed E-state index contributed by atoms with van der Waals surface area (Å²) in [5.74, 6) is 0.435. The molecule has 0 radical (unpaired) electrons. The van der Waals surface area contributed by atoms with Gasteiger partial charge in [-0.25, -0.2) is 4.79 Å². The molecule has 0 aliphatic rings. The number of nitrogens with one attached hydrogen (secondary N) is 1. The molecule has 1 heterocycles. The molecule has 0 aliphatic heterocycles. The first kappa shape index (κ1) is 13.9. The molecule has 7 heteroatoms. The average Bonchev–Trinajstić information content (AvgIpc) is 2.85. The molecule has 0 aliphatic carbocycles. The molecule has 0 saturated carbocycles. The number of carbonyl (C=O) groups is 1. The van der Waals surface area contributed by atoms with Gasteiger partial charge in [-0.05, 0) is 12.1 Å². The van der Waals surface area contributed by atoms with Crippen LogP contribution in [0.2, 0.25) is 0 Å². The summed E-state index contributed by atoms with van der Waals surface area (Å²) in [5, 5.41) is 11.0. The standard InChI is InChI=1S/C13H17N5O2/c1-18-8-16-17-11(18)6-7-15-12-9(13(19)20-2)4-3-5-10(12)14/h3-5,8,15H,6-7,14H2,1-2H3. The molecule has 0 atom stereocenters. The van der Waals surface area contributed by atoms with E-state index < -0.39 is 5.97 Å². The molecule has 2 rings (SSSR count). The third-order valence-corrected chi connectivity index (χ3v) is 2.96. The molecule has 20 heavy (non-hydrogen) atoms. The number of aryl methyl sites for hydroxylation is 1. The molecule has 106 valence electrons. The van der Waals surface area contributed by atoms with Crippen molar-refractivity contribution in [3.05, 3.63) is 35.9 Å². The number of nitrogen functional groups attached to an aromatic ring is 1. The molecule has 2 aromatic rings. The topological polar surface area (TPSA) is 95.1 Å². The van der Waals surface area contributed by atoms with Gasteiger partial charge in [0.25, 0.3) is 0 Å². The predicted octanol–water partition coefficient (Wildman–Crippen LogP) is 0.838. The molecule has 3 N–H and O–H groups in total. The molecular weight excluding hydrogens is 258 g/mol. The number of hydrogen-bond donors (Lipinski definition) is 2. The Hall–Kier alpha value is -2.57. The number of nitrogens with zero attached hydrogens (tertiary/aromatic N) is 3. The Labute approximate surface area is 116 Å². The quantitative estimate of drug-likeness (QED) is 0.620. The number of carbonyl (C=O) groups excluding carboxylic acids is 1. The van der Waals surface area contributed by atoms with Gasteiger partial charge in [-0.1, -0.05) is 6.07 Å². The van der Waals surface area contributed by atoms with Crippen LogP contribution in [0.5, 0.6) is 0 Å². The zero-order valence-electron chi connectivity index (χ0n) is 11.5. The Morgan fingerprint density at radius 1 is 1.50 bits per heavy atom. The summed E-state index contributed by atoms with van der Waals surface area (Å²) in [7, 11) is 3.22. The van der Waals surface area contributed by atoms with Gasteiger partial charge in [-0.2, -0.15) is 0 Å². The van der Waals surface area contributed by atoms with E-state index in [9.17, 15) is 4.79 Å². The normalized spacial score (nSPS) is 10.3. The van der Waals surface area contributed by atoms with Crippen LogP contribution < -0.4 is 11.1 Å².